The van der Waals surface area contributed by atoms with Gasteiger partial charge in [0, 0.05) is 6.07 Å². The van der Waals surface area contributed by atoms with E-state index in [1.54, 1.807) is 6.07 Å². The van der Waals surface area contributed by atoms with Crippen LogP contribution >= 0.6 is 0 Å². The van der Waals surface area contributed by atoms with Crippen LogP contribution in [0.25, 0.3) is 10.9 Å². The van der Waals surface area contributed by atoms with Crippen molar-refractivity contribution in [2.24, 2.45) is 0 Å². The number of carboxylic acids is 1. The first-order valence-corrected chi connectivity index (χ1v) is 4.72. The van der Waals surface area contributed by atoms with Crippen LogP contribution in [0.5, 0.6) is 11.5 Å². The molecule has 0 aliphatic carbocycles. The number of carboxylic acid groups (broad SMARTS) is 1. The van der Waals surface area contributed by atoms with Crippen LogP contribution in [0, 0.1) is 0 Å². The monoisotopic (exact) mass is 234 g/mol. The molecular weight excluding hydrogens is 228 g/mol. The van der Waals surface area contributed by atoms with Crippen molar-refractivity contribution < 1.29 is 19.4 Å². The lowest BCUT2D eigenvalue weighted by Gasteiger charge is -2.01. The third kappa shape index (κ3) is 1.32. The summed E-state index contributed by atoms with van der Waals surface area (Å²) in [4.78, 5) is 22.6. The van der Waals surface area contributed by atoms with E-state index in [-0.39, 0.29) is 12.2 Å². The normalized spacial score (nSPS) is 12.9. The predicted octanol–water partition coefficient (Wildman–Crippen LogP) is 0.350. The quantitative estimate of drug-likeness (QED) is 0.738. The molecule has 0 fully saturated rings. The first-order chi connectivity index (χ1) is 8.16. The summed E-state index contributed by atoms with van der Waals surface area (Å²) < 4.78 is 10.3. The van der Waals surface area contributed by atoms with Gasteiger partial charge in [0.2, 0.25) is 17.9 Å². The van der Waals surface area contributed by atoms with Crippen LogP contribution in [0.1, 0.15) is 10.5 Å². The Labute approximate surface area is 93.6 Å². The highest BCUT2D eigenvalue weighted by atomic mass is 16.7. The second kappa shape index (κ2) is 3.21. The summed E-state index contributed by atoms with van der Waals surface area (Å²) in [5, 5.41) is 15.0. The molecule has 2 N–H and O–H groups in total. The summed E-state index contributed by atoms with van der Waals surface area (Å²) in [6.45, 7) is 0.0824. The van der Waals surface area contributed by atoms with Crippen molar-refractivity contribution in [3.05, 3.63) is 28.0 Å². The van der Waals surface area contributed by atoms with Gasteiger partial charge in [-0.05, 0) is 6.07 Å². The highest BCUT2D eigenvalue weighted by molar-refractivity contribution is 5.91. The molecule has 1 aromatic carbocycles. The molecule has 1 aromatic heterocycles. The summed E-state index contributed by atoms with van der Waals surface area (Å²) in [6.07, 6.45) is 0. The lowest BCUT2D eigenvalue weighted by molar-refractivity contribution is 0.0688. The summed E-state index contributed by atoms with van der Waals surface area (Å²) in [6, 6.07) is 3.00. The van der Waals surface area contributed by atoms with E-state index in [1.807, 2.05) is 0 Å². The number of fused-ring (bicyclic) bond motifs is 2. The van der Waals surface area contributed by atoms with Gasteiger partial charge >= 0.3 is 5.97 Å². The molecule has 0 saturated heterocycles. The number of hydrogen-bond acceptors (Lipinski definition) is 5. The van der Waals surface area contributed by atoms with E-state index < -0.39 is 17.1 Å². The van der Waals surface area contributed by atoms with Gasteiger partial charge in [-0.15, -0.1) is 0 Å². The molecule has 7 nitrogen and oxygen atoms in total. The number of carbonyl (C=O) groups is 1. The Morgan fingerprint density at radius 2 is 2.06 bits per heavy atom. The Kier molecular flexibility index (Phi) is 1.82. The van der Waals surface area contributed by atoms with Gasteiger partial charge in [-0.3, -0.25) is 9.89 Å². The lowest BCUT2D eigenvalue weighted by Crippen LogP contribution is -2.18. The maximum atomic E-state index is 11.8. The number of aromatic amines is 1. The van der Waals surface area contributed by atoms with Crippen LogP contribution in [0.15, 0.2) is 16.9 Å². The predicted molar refractivity (Wildman–Crippen MR) is 55.4 cm³/mol. The number of nitrogens with zero attached hydrogens (tertiary/aromatic N) is 1. The first kappa shape index (κ1) is 9.64. The van der Waals surface area contributed by atoms with Crippen LogP contribution < -0.4 is 14.9 Å². The molecule has 0 spiro atoms. The fraction of sp³-hybridized carbons (Fsp3) is 0.100. The molecule has 2 heterocycles. The van der Waals surface area contributed by atoms with Gasteiger partial charge in [0.1, 0.15) is 0 Å². The molecule has 0 atom stereocenters. The number of aromatic nitrogens is 2. The average Bonchev–Trinajstić information content (AvgIpc) is 2.73. The maximum Gasteiger partial charge on any atom is 0.360 e. The fourth-order valence-electron chi connectivity index (χ4n) is 1.66. The van der Waals surface area contributed by atoms with Crippen molar-refractivity contribution in [2.75, 3.05) is 6.79 Å². The fourth-order valence-corrected chi connectivity index (χ4v) is 1.66. The van der Waals surface area contributed by atoms with Crippen molar-refractivity contribution >= 4 is 16.9 Å². The van der Waals surface area contributed by atoms with Gasteiger partial charge in [0.25, 0.3) is 0 Å². The van der Waals surface area contributed by atoms with Gasteiger partial charge in [-0.2, -0.15) is 5.10 Å². The number of rotatable bonds is 1. The lowest BCUT2D eigenvalue weighted by atomic mass is 10.2. The Balaban J connectivity index is 2.37. The van der Waals surface area contributed by atoms with Crippen molar-refractivity contribution in [2.45, 2.75) is 0 Å². The summed E-state index contributed by atoms with van der Waals surface area (Å²) in [5.41, 5.74) is -0.787. The summed E-state index contributed by atoms with van der Waals surface area (Å²) in [7, 11) is 0. The van der Waals surface area contributed by atoms with Gasteiger partial charge in [-0.1, -0.05) is 0 Å². The summed E-state index contributed by atoms with van der Waals surface area (Å²) >= 11 is 0. The largest absolute Gasteiger partial charge is 0.476 e. The van der Waals surface area contributed by atoms with Gasteiger partial charge < -0.3 is 14.6 Å². The van der Waals surface area contributed by atoms with Crippen LogP contribution in [-0.4, -0.2) is 28.1 Å². The van der Waals surface area contributed by atoms with E-state index in [0.29, 0.717) is 17.0 Å². The molecule has 2 aromatic rings. The Morgan fingerprint density at radius 3 is 2.76 bits per heavy atom. The van der Waals surface area contributed by atoms with E-state index in [2.05, 4.69) is 10.2 Å². The van der Waals surface area contributed by atoms with E-state index in [1.165, 1.54) is 6.07 Å². The highest BCUT2D eigenvalue weighted by Gasteiger charge is 2.19. The van der Waals surface area contributed by atoms with Gasteiger partial charge in [-0.25, -0.2) is 4.79 Å². The molecule has 86 valence electrons. The topological polar surface area (TPSA) is 102 Å². The number of ether oxygens (including phenoxy) is 2. The van der Waals surface area contributed by atoms with Gasteiger partial charge in [0.05, 0.1) is 10.9 Å². The second-order valence-electron chi connectivity index (χ2n) is 3.46. The second-order valence-corrected chi connectivity index (χ2v) is 3.46. The molecule has 0 bridgehead atoms. The van der Waals surface area contributed by atoms with E-state index >= 15 is 0 Å². The Morgan fingerprint density at radius 1 is 1.35 bits per heavy atom. The molecule has 0 unspecified atom stereocenters. The van der Waals surface area contributed by atoms with Gasteiger partial charge in [0.15, 0.2) is 11.5 Å². The van der Waals surface area contributed by atoms with E-state index in [4.69, 9.17) is 14.6 Å². The van der Waals surface area contributed by atoms with Crippen molar-refractivity contribution in [1.82, 2.24) is 10.2 Å². The number of hydrogen-bond donors (Lipinski definition) is 2. The molecule has 1 aliphatic rings. The third-order valence-electron chi connectivity index (χ3n) is 2.46. The number of H-pyrrole nitrogens is 1. The molecule has 3 rings (SSSR count). The smallest absolute Gasteiger partial charge is 0.360 e. The molecule has 17 heavy (non-hydrogen) atoms. The molecular formula is C10H6N2O5. The van der Waals surface area contributed by atoms with E-state index in [9.17, 15) is 9.59 Å². The standard InChI is InChI=1S/C10H6N2O5/c13-9-4-1-6-7(17-3-16-6)2-5(4)11-12-8(9)10(14)15/h1-2H,3H2,(H,11,13)(H,14,15). The van der Waals surface area contributed by atoms with Crippen LogP contribution in [0.4, 0.5) is 0 Å². The SMILES string of the molecule is O=C(O)c1n[nH]c2cc3c(cc2c1=O)OCO3. The van der Waals surface area contributed by atoms with Crippen LogP contribution in [0.2, 0.25) is 0 Å². The Hall–Kier alpha value is -2.57. The molecule has 0 radical (unpaired) electrons. The number of nitrogens with one attached hydrogen (secondary N) is 1. The minimum absolute atomic E-state index is 0.0824. The van der Waals surface area contributed by atoms with Crippen LogP contribution in [0.3, 0.4) is 0 Å². The minimum Gasteiger partial charge on any atom is -0.476 e. The molecule has 1 aliphatic heterocycles. The summed E-state index contributed by atoms with van der Waals surface area (Å²) in [5.74, 6) is -0.450. The van der Waals surface area contributed by atoms with E-state index in [0.717, 1.165) is 0 Å². The first-order valence-electron chi connectivity index (χ1n) is 4.72. The van der Waals surface area contributed by atoms with Crippen molar-refractivity contribution in [3.8, 4) is 11.5 Å². The minimum atomic E-state index is -1.37. The molecule has 0 amide bonds. The van der Waals surface area contributed by atoms with Crippen molar-refractivity contribution in [3.63, 3.8) is 0 Å². The zero-order valence-corrected chi connectivity index (χ0v) is 8.39. The molecule has 0 saturated carbocycles. The van der Waals surface area contributed by atoms with Crippen LogP contribution in [-0.2, 0) is 0 Å². The number of aromatic carboxylic acids is 1. The maximum absolute atomic E-state index is 11.8. The highest BCUT2D eigenvalue weighted by Crippen LogP contribution is 2.34. The van der Waals surface area contributed by atoms with Crippen molar-refractivity contribution in [1.29, 1.82) is 0 Å². The third-order valence-corrected chi connectivity index (χ3v) is 2.46. The zero-order chi connectivity index (χ0) is 12.0. The Bertz CT molecular complexity index is 691. The average molecular weight is 234 g/mol. The zero-order valence-electron chi connectivity index (χ0n) is 8.39. The number of benzene rings is 1. The molecule has 7 heteroatoms.